The number of piperazine rings is 1. The normalized spacial score (nSPS) is 22.3. The first kappa shape index (κ1) is 15.5. The van der Waals surface area contributed by atoms with Gasteiger partial charge in [-0.2, -0.15) is 0 Å². The second-order valence-electron chi connectivity index (χ2n) is 5.61. The van der Waals surface area contributed by atoms with Crippen LogP contribution in [0.2, 0.25) is 5.02 Å². The van der Waals surface area contributed by atoms with Crippen molar-refractivity contribution in [2.75, 3.05) is 39.4 Å². The SMILES string of the molecule is O=C(NCc1ccc(Cl)cc1F)N1CCN2CCOC[C@@H]2C1. The second-order valence-corrected chi connectivity index (χ2v) is 6.04. The number of nitrogens with one attached hydrogen (secondary N) is 1. The average molecular weight is 328 g/mol. The van der Waals surface area contributed by atoms with Crippen molar-refractivity contribution in [2.24, 2.45) is 0 Å². The quantitative estimate of drug-likeness (QED) is 0.899. The maximum absolute atomic E-state index is 13.7. The summed E-state index contributed by atoms with van der Waals surface area (Å²) in [6, 6.07) is 4.55. The van der Waals surface area contributed by atoms with Gasteiger partial charge in [0.1, 0.15) is 5.82 Å². The minimum absolute atomic E-state index is 0.156. The number of urea groups is 1. The predicted molar refractivity (Wildman–Crippen MR) is 81.4 cm³/mol. The van der Waals surface area contributed by atoms with Gasteiger partial charge in [-0.05, 0) is 12.1 Å². The van der Waals surface area contributed by atoms with E-state index in [1.807, 2.05) is 0 Å². The molecule has 1 N–H and O–H groups in total. The van der Waals surface area contributed by atoms with Crippen LogP contribution in [0.4, 0.5) is 9.18 Å². The Morgan fingerprint density at radius 2 is 2.27 bits per heavy atom. The Bertz CT molecular complexity index is 558. The third-order valence-electron chi connectivity index (χ3n) is 4.17. The lowest BCUT2D eigenvalue weighted by molar-refractivity contribution is -0.0365. The lowest BCUT2D eigenvalue weighted by Gasteiger charge is -2.43. The largest absolute Gasteiger partial charge is 0.378 e. The molecule has 0 spiro atoms. The Labute approximate surface area is 134 Å². The van der Waals surface area contributed by atoms with Crippen molar-refractivity contribution in [1.82, 2.24) is 15.1 Å². The van der Waals surface area contributed by atoms with Gasteiger partial charge in [0.05, 0.1) is 19.3 Å². The smallest absolute Gasteiger partial charge is 0.317 e. The van der Waals surface area contributed by atoms with E-state index in [1.54, 1.807) is 17.0 Å². The molecule has 0 aliphatic carbocycles. The monoisotopic (exact) mass is 327 g/mol. The zero-order valence-electron chi connectivity index (χ0n) is 12.2. The number of ether oxygens (including phenoxy) is 1. The standard InChI is InChI=1S/C15H19ClFN3O2/c16-12-2-1-11(14(17)7-12)8-18-15(21)20-4-3-19-5-6-22-10-13(19)9-20/h1-2,7,13H,3-6,8-10H2,(H,18,21)/t13-/m0/s1. The van der Waals surface area contributed by atoms with E-state index in [1.165, 1.54) is 6.07 Å². The summed E-state index contributed by atoms with van der Waals surface area (Å²) >= 11 is 5.71. The molecule has 0 radical (unpaired) electrons. The van der Waals surface area contributed by atoms with Gasteiger partial charge in [-0.15, -0.1) is 0 Å². The molecule has 0 saturated carbocycles. The third-order valence-corrected chi connectivity index (χ3v) is 4.41. The molecule has 22 heavy (non-hydrogen) atoms. The van der Waals surface area contributed by atoms with Gasteiger partial charge in [0, 0.05) is 43.3 Å². The fourth-order valence-electron chi connectivity index (χ4n) is 2.88. The number of fused-ring (bicyclic) bond motifs is 1. The maximum atomic E-state index is 13.7. The van der Waals surface area contributed by atoms with E-state index < -0.39 is 5.82 Å². The zero-order chi connectivity index (χ0) is 15.5. The molecule has 2 aliphatic heterocycles. The number of halogens is 2. The average Bonchev–Trinajstić information content (AvgIpc) is 2.53. The Kier molecular flexibility index (Phi) is 4.81. The molecule has 0 aromatic heterocycles. The number of carbonyl (C=O) groups excluding carboxylic acids is 1. The summed E-state index contributed by atoms with van der Waals surface area (Å²) < 4.78 is 19.2. The van der Waals surface area contributed by atoms with Crippen molar-refractivity contribution >= 4 is 17.6 Å². The van der Waals surface area contributed by atoms with Crippen LogP contribution in [-0.4, -0.2) is 61.3 Å². The number of morpholine rings is 1. The first-order valence-corrected chi connectivity index (χ1v) is 7.80. The van der Waals surface area contributed by atoms with Crippen LogP contribution >= 0.6 is 11.6 Å². The molecule has 0 unspecified atom stereocenters. The molecule has 1 atom stereocenters. The number of amides is 2. The van der Waals surface area contributed by atoms with Gasteiger partial charge in [0.2, 0.25) is 0 Å². The summed E-state index contributed by atoms with van der Waals surface area (Å²) in [5.41, 5.74) is 0.428. The summed E-state index contributed by atoms with van der Waals surface area (Å²) in [5.74, 6) is -0.404. The van der Waals surface area contributed by atoms with E-state index in [4.69, 9.17) is 16.3 Å². The fraction of sp³-hybridized carbons (Fsp3) is 0.533. The molecule has 1 aromatic carbocycles. The van der Waals surface area contributed by atoms with Gasteiger partial charge >= 0.3 is 6.03 Å². The number of benzene rings is 1. The van der Waals surface area contributed by atoms with Gasteiger partial charge in [0.15, 0.2) is 0 Å². The first-order chi connectivity index (χ1) is 10.6. The number of hydrogen-bond acceptors (Lipinski definition) is 3. The molecule has 2 fully saturated rings. The highest BCUT2D eigenvalue weighted by Crippen LogP contribution is 2.16. The minimum Gasteiger partial charge on any atom is -0.378 e. The van der Waals surface area contributed by atoms with Crippen LogP contribution in [-0.2, 0) is 11.3 Å². The van der Waals surface area contributed by atoms with Crippen molar-refractivity contribution in [3.63, 3.8) is 0 Å². The van der Waals surface area contributed by atoms with Crippen molar-refractivity contribution in [1.29, 1.82) is 0 Å². The zero-order valence-corrected chi connectivity index (χ0v) is 13.0. The summed E-state index contributed by atoms with van der Waals surface area (Å²) in [7, 11) is 0. The van der Waals surface area contributed by atoms with Crippen LogP contribution in [0.25, 0.3) is 0 Å². The van der Waals surface area contributed by atoms with Gasteiger partial charge < -0.3 is 15.0 Å². The van der Waals surface area contributed by atoms with E-state index in [0.717, 1.165) is 19.7 Å². The molecular weight excluding hydrogens is 309 g/mol. The molecule has 2 amide bonds. The molecule has 1 aromatic rings. The van der Waals surface area contributed by atoms with Gasteiger partial charge in [-0.25, -0.2) is 9.18 Å². The summed E-state index contributed by atoms with van der Waals surface area (Å²) in [5, 5.41) is 3.12. The van der Waals surface area contributed by atoms with Crippen LogP contribution in [0.5, 0.6) is 0 Å². The van der Waals surface area contributed by atoms with Crippen molar-refractivity contribution in [3.05, 3.63) is 34.6 Å². The summed E-state index contributed by atoms with van der Waals surface area (Å²) in [4.78, 5) is 16.4. The maximum Gasteiger partial charge on any atom is 0.317 e. The lowest BCUT2D eigenvalue weighted by Crippen LogP contribution is -2.60. The molecule has 2 saturated heterocycles. The van der Waals surface area contributed by atoms with E-state index >= 15 is 0 Å². The van der Waals surface area contributed by atoms with Crippen molar-refractivity contribution < 1.29 is 13.9 Å². The predicted octanol–water partition coefficient (Wildman–Crippen LogP) is 1.71. The molecule has 7 heteroatoms. The molecule has 3 rings (SSSR count). The second kappa shape index (κ2) is 6.81. The highest BCUT2D eigenvalue weighted by Gasteiger charge is 2.31. The fourth-order valence-corrected chi connectivity index (χ4v) is 3.04. The highest BCUT2D eigenvalue weighted by molar-refractivity contribution is 6.30. The Morgan fingerprint density at radius 3 is 3.09 bits per heavy atom. The lowest BCUT2D eigenvalue weighted by atomic mass is 10.1. The molecular formula is C15H19ClFN3O2. The van der Waals surface area contributed by atoms with Crippen LogP contribution in [0.15, 0.2) is 18.2 Å². The number of carbonyl (C=O) groups is 1. The summed E-state index contributed by atoms with van der Waals surface area (Å²) in [6.45, 7) is 4.70. The van der Waals surface area contributed by atoms with Crippen LogP contribution in [0, 0.1) is 5.82 Å². The van der Waals surface area contributed by atoms with E-state index in [-0.39, 0.29) is 18.6 Å². The highest BCUT2D eigenvalue weighted by atomic mass is 35.5. The van der Waals surface area contributed by atoms with Gasteiger partial charge in [0.25, 0.3) is 0 Å². The third kappa shape index (κ3) is 3.51. The van der Waals surface area contributed by atoms with Gasteiger partial charge in [-0.1, -0.05) is 17.7 Å². The Balaban J connectivity index is 1.53. The molecule has 120 valence electrons. The number of nitrogens with zero attached hydrogens (tertiary/aromatic N) is 2. The topological polar surface area (TPSA) is 44.8 Å². The van der Waals surface area contributed by atoms with E-state index in [9.17, 15) is 9.18 Å². The first-order valence-electron chi connectivity index (χ1n) is 7.42. The van der Waals surface area contributed by atoms with Crippen molar-refractivity contribution in [3.8, 4) is 0 Å². The van der Waals surface area contributed by atoms with E-state index in [2.05, 4.69) is 10.2 Å². The van der Waals surface area contributed by atoms with Gasteiger partial charge in [-0.3, -0.25) is 4.90 Å². The van der Waals surface area contributed by atoms with Crippen LogP contribution in [0.1, 0.15) is 5.56 Å². The van der Waals surface area contributed by atoms with E-state index in [0.29, 0.717) is 30.3 Å². The van der Waals surface area contributed by atoms with Crippen LogP contribution < -0.4 is 5.32 Å². The molecule has 0 bridgehead atoms. The Hall–Kier alpha value is -1.37. The molecule has 2 aliphatic rings. The molecule has 2 heterocycles. The molecule has 5 nitrogen and oxygen atoms in total. The summed E-state index contributed by atoms with van der Waals surface area (Å²) in [6.07, 6.45) is 0. The van der Waals surface area contributed by atoms with Crippen molar-refractivity contribution in [2.45, 2.75) is 12.6 Å². The number of rotatable bonds is 2. The number of hydrogen-bond donors (Lipinski definition) is 1. The minimum atomic E-state index is -0.404. The Morgan fingerprint density at radius 1 is 1.41 bits per heavy atom. The van der Waals surface area contributed by atoms with Crippen LogP contribution in [0.3, 0.4) is 0 Å².